The van der Waals surface area contributed by atoms with Crippen molar-refractivity contribution in [2.75, 3.05) is 11.9 Å². The van der Waals surface area contributed by atoms with Crippen LogP contribution in [0.1, 0.15) is 99.9 Å². The number of carboxylic acid groups (broad SMARTS) is 1. The van der Waals surface area contributed by atoms with Crippen LogP contribution in [-0.2, 0) is 16.6 Å². The summed E-state index contributed by atoms with van der Waals surface area (Å²) >= 11 is 6.22. The number of pyridine rings is 1. The average Bonchev–Trinajstić information content (AvgIpc) is 3.27. The van der Waals surface area contributed by atoms with Gasteiger partial charge in [0.1, 0.15) is 11.3 Å². The van der Waals surface area contributed by atoms with Crippen LogP contribution >= 0.6 is 11.6 Å². The Kier molecular flexibility index (Phi) is 7.99. The fourth-order valence-electron chi connectivity index (χ4n) is 8.26. The number of nitrogens with one attached hydrogen (secondary N) is 1. The van der Waals surface area contributed by atoms with Gasteiger partial charge in [-0.2, -0.15) is 0 Å². The smallest absolute Gasteiger partial charge is 0.329 e. The maximum absolute atomic E-state index is 12.7. The first kappa shape index (κ1) is 29.0. The highest BCUT2D eigenvalue weighted by Gasteiger charge is 2.54. The lowest BCUT2D eigenvalue weighted by Crippen LogP contribution is -2.53. The van der Waals surface area contributed by atoms with Gasteiger partial charge in [-0.3, -0.25) is 4.98 Å². The summed E-state index contributed by atoms with van der Waals surface area (Å²) in [5.74, 6) is 2.00. The number of anilines is 1. The highest BCUT2D eigenvalue weighted by Crippen LogP contribution is 2.56. The summed E-state index contributed by atoms with van der Waals surface area (Å²) in [6.45, 7) is 7.55. The molecule has 0 unspecified atom stereocenters. The molecule has 0 radical (unpaired) electrons. The zero-order chi connectivity index (χ0) is 29.5. The maximum atomic E-state index is 12.7. The average molecular weight is 587 g/mol. The van der Waals surface area contributed by atoms with Crippen LogP contribution < -0.4 is 10.1 Å². The molecule has 6 heteroatoms. The fourth-order valence-corrected chi connectivity index (χ4v) is 8.45. The molecule has 5 nitrogen and oxygen atoms in total. The molecule has 3 aliphatic carbocycles. The fraction of sp³-hybridized carbons (Fsp3) is 0.500. The van der Waals surface area contributed by atoms with E-state index in [1.54, 1.807) is 0 Å². The number of aromatic nitrogens is 1. The maximum Gasteiger partial charge on any atom is 0.329 e. The van der Waals surface area contributed by atoms with Gasteiger partial charge < -0.3 is 15.2 Å². The van der Waals surface area contributed by atoms with E-state index in [0.717, 1.165) is 37.1 Å². The molecule has 42 heavy (non-hydrogen) atoms. The van der Waals surface area contributed by atoms with Crippen LogP contribution in [0.4, 0.5) is 5.69 Å². The lowest BCUT2D eigenvalue weighted by atomic mass is 9.59. The molecular formula is C36H43ClN2O3. The second-order valence-corrected chi connectivity index (χ2v) is 13.8. The Bertz CT molecular complexity index is 1450. The molecule has 0 aliphatic heterocycles. The number of rotatable bonds is 8. The molecule has 1 aromatic heterocycles. The van der Waals surface area contributed by atoms with Gasteiger partial charge in [0.05, 0.1) is 12.3 Å². The van der Waals surface area contributed by atoms with Crippen molar-refractivity contribution >= 4 is 23.3 Å². The monoisotopic (exact) mass is 586 g/mol. The topological polar surface area (TPSA) is 71.5 Å². The van der Waals surface area contributed by atoms with Crippen molar-refractivity contribution in [3.63, 3.8) is 0 Å². The number of hydrogen-bond acceptors (Lipinski definition) is 4. The summed E-state index contributed by atoms with van der Waals surface area (Å²) in [7, 11) is 0. The molecule has 6 rings (SSSR count). The van der Waals surface area contributed by atoms with E-state index < -0.39 is 11.5 Å². The SMILES string of the molecule is C[C@@H](COc1ccnc2c1[C@@H](C)CC[C@H]2C)C[C@@H]1Cc2ccccc2C12CCC(Nc1cccc(Cl)c1)(C(=O)O)CC2. The molecule has 1 heterocycles. The Morgan fingerprint density at radius 1 is 1.07 bits per heavy atom. The van der Waals surface area contributed by atoms with Crippen LogP contribution in [0.15, 0.2) is 60.8 Å². The van der Waals surface area contributed by atoms with Crippen molar-refractivity contribution < 1.29 is 14.6 Å². The number of nitrogens with zero attached hydrogens (tertiary/aromatic N) is 1. The number of carboxylic acids is 1. The van der Waals surface area contributed by atoms with Gasteiger partial charge in [-0.05, 0) is 116 Å². The van der Waals surface area contributed by atoms with E-state index in [1.807, 2.05) is 36.5 Å². The number of benzene rings is 2. The second kappa shape index (κ2) is 11.6. The highest BCUT2D eigenvalue weighted by atomic mass is 35.5. The van der Waals surface area contributed by atoms with Gasteiger partial charge in [0.25, 0.3) is 0 Å². The van der Waals surface area contributed by atoms with Crippen LogP contribution in [0.25, 0.3) is 0 Å². The van der Waals surface area contributed by atoms with Crippen LogP contribution in [-0.4, -0.2) is 28.2 Å². The third kappa shape index (κ3) is 5.30. The Hall–Kier alpha value is -3.05. The zero-order valence-electron chi connectivity index (χ0n) is 25.0. The number of carbonyl (C=O) groups is 1. The summed E-state index contributed by atoms with van der Waals surface area (Å²) in [4.78, 5) is 17.4. The Balaban J connectivity index is 1.19. The predicted octanol–water partition coefficient (Wildman–Crippen LogP) is 8.76. The Labute approximate surface area is 255 Å². The van der Waals surface area contributed by atoms with Gasteiger partial charge in [0.15, 0.2) is 0 Å². The molecule has 3 aromatic rings. The molecular weight excluding hydrogens is 544 g/mol. The second-order valence-electron chi connectivity index (χ2n) is 13.4. The first-order valence-corrected chi connectivity index (χ1v) is 16.1. The molecule has 1 fully saturated rings. The largest absolute Gasteiger partial charge is 0.493 e. The third-order valence-corrected chi connectivity index (χ3v) is 10.8. The summed E-state index contributed by atoms with van der Waals surface area (Å²) in [5.41, 5.74) is 5.11. The van der Waals surface area contributed by atoms with Crippen LogP contribution in [0.5, 0.6) is 5.75 Å². The van der Waals surface area contributed by atoms with Crippen LogP contribution in [0.2, 0.25) is 5.02 Å². The summed E-state index contributed by atoms with van der Waals surface area (Å²) < 4.78 is 6.55. The zero-order valence-corrected chi connectivity index (χ0v) is 25.8. The van der Waals surface area contributed by atoms with Gasteiger partial charge in [0, 0.05) is 22.5 Å². The number of hydrogen-bond donors (Lipinski definition) is 2. The van der Waals surface area contributed by atoms with Crippen LogP contribution in [0.3, 0.4) is 0 Å². The van der Waals surface area contributed by atoms with Crippen molar-refractivity contribution in [1.82, 2.24) is 4.98 Å². The molecule has 0 bridgehead atoms. The lowest BCUT2D eigenvalue weighted by Gasteiger charge is -2.47. The van der Waals surface area contributed by atoms with E-state index in [4.69, 9.17) is 21.3 Å². The standard InChI is InChI=1S/C36H43ClN2O3/c1-23(22-42-31-13-18-38-33-25(3)12-11-24(2)32(31)33)19-27-20-26-7-4-5-10-30(26)35(27)14-16-36(17-15-35,34(40)41)39-29-9-6-8-28(37)21-29/h4-10,13,18,21,23-25,27,39H,11-12,14-17,19-20,22H2,1-3H3,(H,40,41)/t23-,24+,25-,27-,35?,36?/m1/s1. The predicted molar refractivity (Wildman–Crippen MR) is 169 cm³/mol. The first-order valence-electron chi connectivity index (χ1n) is 15.7. The molecule has 1 spiro atoms. The van der Waals surface area contributed by atoms with Crippen molar-refractivity contribution in [1.29, 1.82) is 0 Å². The number of aliphatic carboxylic acids is 1. The number of halogens is 1. The molecule has 2 aromatic carbocycles. The minimum atomic E-state index is -0.999. The van der Waals surface area contributed by atoms with E-state index in [0.29, 0.717) is 48.1 Å². The quantitative estimate of drug-likeness (QED) is 0.276. The molecule has 222 valence electrons. The Morgan fingerprint density at radius 3 is 2.60 bits per heavy atom. The molecule has 3 aliphatic rings. The number of ether oxygens (including phenoxy) is 1. The molecule has 0 saturated heterocycles. The van der Waals surface area contributed by atoms with Crippen molar-refractivity contribution in [2.24, 2.45) is 11.8 Å². The van der Waals surface area contributed by atoms with Crippen LogP contribution in [0, 0.1) is 11.8 Å². The van der Waals surface area contributed by atoms with Gasteiger partial charge in [0.2, 0.25) is 0 Å². The molecule has 4 atom stereocenters. The first-order chi connectivity index (χ1) is 20.2. The van der Waals surface area contributed by atoms with Crippen molar-refractivity contribution in [2.45, 2.75) is 94.9 Å². The van der Waals surface area contributed by atoms with Gasteiger partial charge in [-0.15, -0.1) is 0 Å². The van der Waals surface area contributed by atoms with E-state index in [1.165, 1.54) is 35.2 Å². The highest BCUT2D eigenvalue weighted by molar-refractivity contribution is 6.30. The molecule has 0 amide bonds. The van der Waals surface area contributed by atoms with Gasteiger partial charge in [-0.25, -0.2) is 4.79 Å². The third-order valence-electron chi connectivity index (χ3n) is 10.6. The minimum absolute atomic E-state index is 0.0143. The molecule has 2 N–H and O–H groups in total. The summed E-state index contributed by atoms with van der Waals surface area (Å²) in [6, 6.07) is 18.3. The van der Waals surface area contributed by atoms with Crippen molar-refractivity contribution in [3.05, 3.63) is 88.2 Å². The summed E-state index contributed by atoms with van der Waals surface area (Å²) in [6.07, 6.45) is 9.20. The van der Waals surface area contributed by atoms with Gasteiger partial charge in [-0.1, -0.05) is 62.7 Å². The van der Waals surface area contributed by atoms with E-state index in [9.17, 15) is 9.90 Å². The lowest BCUT2D eigenvalue weighted by molar-refractivity contribution is -0.144. The van der Waals surface area contributed by atoms with Gasteiger partial charge >= 0.3 is 5.97 Å². The van der Waals surface area contributed by atoms with Crippen molar-refractivity contribution in [3.8, 4) is 5.75 Å². The number of fused-ring (bicyclic) bond motifs is 3. The summed E-state index contributed by atoms with van der Waals surface area (Å²) in [5, 5.41) is 14.4. The molecule has 1 saturated carbocycles. The van der Waals surface area contributed by atoms with E-state index in [-0.39, 0.29) is 5.41 Å². The normalized spacial score (nSPS) is 29.0. The Morgan fingerprint density at radius 2 is 1.83 bits per heavy atom. The van der Waals surface area contributed by atoms with E-state index >= 15 is 0 Å². The minimum Gasteiger partial charge on any atom is -0.493 e. The van der Waals surface area contributed by atoms with E-state index in [2.05, 4.69) is 50.4 Å².